The largest absolute Gasteiger partial charge is 0.314 e. The molecule has 2 heteroatoms. The zero-order chi connectivity index (χ0) is 9.52. The lowest BCUT2D eigenvalue weighted by Crippen LogP contribution is -2.22. The van der Waals surface area contributed by atoms with Crippen LogP contribution in [0.5, 0.6) is 0 Å². The minimum Gasteiger partial charge on any atom is -0.314 e. The molecule has 1 aliphatic carbocycles. The maximum absolute atomic E-state index is 11.7. The van der Waals surface area contributed by atoms with Gasteiger partial charge in [-0.15, -0.1) is 0 Å². The van der Waals surface area contributed by atoms with Gasteiger partial charge >= 0.3 is 0 Å². The van der Waals surface area contributed by atoms with Crippen molar-refractivity contribution in [2.24, 2.45) is 11.8 Å². The molecule has 1 rings (SSSR count). The predicted molar refractivity (Wildman–Crippen MR) is 54.6 cm³/mol. The summed E-state index contributed by atoms with van der Waals surface area (Å²) in [5.74, 6) is 1.85. The van der Waals surface area contributed by atoms with E-state index in [1.54, 1.807) is 0 Å². The first-order chi connectivity index (χ1) is 6.33. The van der Waals surface area contributed by atoms with E-state index in [0.29, 0.717) is 6.54 Å². The van der Waals surface area contributed by atoms with Gasteiger partial charge in [-0.25, -0.2) is 4.39 Å². The first kappa shape index (κ1) is 11.0. The van der Waals surface area contributed by atoms with Crippen LogP contribution in [-0.2, 0) is 0 Å². The topological polar surface area (TPSA) is 12.0 Å². The third-order valence-electron chi connectivity index (χ3n) is 3.14. The van der Waals surface area contributed by atoms with Gasteiger partial charge in [0.2, 0.25) is 0 Å². The second kappa shape index (κ2) is 6.36. The lowest BCUT2D eigenvalue weighted by Gasteiger charge is -2.26. The van der Waals surface area contributed by atoms with E-state index in [2.05, 4.69) is 12.2 Å². The summed E-state index contributed by atoms with van der Waals surface area (Å²) in [5, 5.41) is 3.12. The molecule has 0 unspecified atom stereocenters. The summed E-state index contributed by atoms with van der Waals surface area (Å²) in [7, 11) is 0. The zero-order valence-corrected chi connectivity index (χ0v) is 8.69. The van der Waals surface area contributed by atoms with Crippen molar-refractivity contribution in [3.05, 3.63) is 0 Å². The Labute approximate surface area is 81.1 Å². The Hall–Kier alpha value is -0.110. The molecule has 13 heavy (non-hydrogen) atoms. The molecule has 0 heterocycles. The molecule has 0 radical (unpaired) electrons. The lowest BCUT2D eigenvalue weighted by molar-refractivity contribution is 0.274. The minimum absolute atomic E-state index is 0.234. The van der Waals surface area contributed by atoms with Gasteiger partial charge in [0.05, 0.1) is 0 Å². The van der Waals surface area contributed by atoms with Crippen LogP contribution < -0.4 is 5.32 Å². The van der Waals surface area contributed by atoms with Crippen LogP contribution in [0.25, 0.3) is 0 Å². The van der Waals surface area contributed by atoms with Crippen LogP contribution in [0.2, 0.25) is 0 Å². The maximum atomic E-state index is 11.7. The lowest BCUT2D eigenvalue weighted by atomic mass is 9.81. The summed E-state index contributed by atoms with van der Waals surface area (Å²) < 4.78 is 11.7. The number of halogens is 1. The molecule has 0 atom stereocenters. The van der Waals surface area contributed by atoms with E-state index >= 15 is 0 Å². The van der Waals surface area contributed by atoms with E-state index in [1.807, 2.05) is 0 Å². The fourth-order valence-electron chi connectivity index (χ4n) is 2.12. The van der Waals surface area contributed by atoms with Crippen molar-refractivity contribution in [3.63, 3.8) is 0 Å². The second-order valence-corrected chi connectivity index (χ2v) is 4.35. The monoisotopic (exact) mass is 187 g/mol. The number of alkyl halides is 1. The van der Waals surface area contributed by atoms with E-state index in [4.69, 9.17) is 0 Å². The molecule has 1 saturated carbocycles. The van der Waals surface area contributed by atoms with Gasteiger partial charge in [0.15, 0.2) is 0 Å². The van der Waals surface area contributed by atoms with Crippen molar-refractivity contribution in [2.75, 3.05) is 19.8 Å². The first-order valence-corrected chi connectivity index (χ1v) is 5.59. The van der Waals surface area contributed by atoms with Crippen molar-refractivity contribution >= 4 is 0 Å². The number of nitrogens with one attached hydrogen (secondary N) is 1. The smallest absolute Gasteiger partial charge is 0.102 e. The molecular formula is C11H22FN. The van der Waals surface area contributed by atoms with Crippen molar-refractivity contribution in [3.8, 4) is 0 Å². The molecular weight excluding hydrogens is 165 g/mol. The van der Waals surface area contributed by atoms with Crippen molar-refractivity contribution in [1.82, 2.24) is 5.32 Å². The molecule has 0 bridgehead atoms. The van der Waals surface area contributed by atoms with E-state index in [9.17, 15) is 4.39 Å². The average molecular weight is 187 g/mol. The van der Waals surface area contributed by atoms with Gasteiger partial charge in [-0.1, -0.05) is 32.6 Å². The summed E-state index contributed by atoms with van der Waals surface area (Å²) in [6.07, 6.45) is 6.81. The average Bonchev–Trinajstić information content (AvgIpc) is 2.15. The second-order valence-electron chi connectivity index (χ2n) is 4.35. The minimum atomic E-state index is -0.234. The molecule has 0 spiro atoms. The number of hydrogen-bond donors (Lipinski definition) is 1. The SMILES string of the molecule is CC1CCC(CCNCCF)CC1. The van der Waals surface area contributed by atoms with Crippen LogP contribution in [0.1, 0.15) is 39.0 Å². The summed E-state index contributed by atoms with van der Waals surface area (Å²) in [5.41, 5.74) is 0. The first-order valence-electron chi connectivity index (χ1n) is 5.59. The molecule has 0 aromatic rings. The Morgan fingerprint density at radius 3 is 2.46 bits per heavy atom. The summed E-state index contributed by atoms with van der Waals surface area (Å²) >= 11 is 0. The van der Waals surface area contributed by atoms with Crippen molar-refractivity contribution in [1.29, 1.82) is 0 Å². The van der Waals surface area contributed by atoms with Gasteiger partial charge in [-0.05, 0) is 24.8 Å². The Morgan fingerprint density at radius 2 is 1.85 bits per heavy atom. The molecule has 0 aromatic heterocycles. The Balaban J connectivity index is 1.96. The molecule has 0 aliphatic heterocycles. The molecule has 1 fully saturated rings. The maximum Gasteiger partial charge on any atom is 0.102 e. The van der Waals surface area contributed by atoms with E-state index in [1.165, 1.54) is 32.1 Å². The summed E-state index contributed by atoms with van der Waals surface area (Å²) in [6, 6.07) is 0. The normalized spacial score (nSPS) is 29.1. The van der Waals surface area contributed by atoms with Gasteiger partial charge in [-0.3, -0.25) is 0 Å². The van der Waals surface area contributed by atoms with Crippen LogP contribution >= 0.6 is 0 Å². The van der Waals surface area contributed by atoms with Crippen LogP contribution in [0.4, 0.5) is 4.39 Å². The number of hydrogen-bond acceptors (Lipinski definition) is 1. The fourth-order valence-corrected chi connectivity index (χ4v) is 2.12. The van der Waals surface area contributed by atoms with Gasteiger partial charge < -0.3 is 5.32 Å². The van der Waals surface area contributed by atoms with Gasteiger partial charge in [0.25, 0.3) is 0 Å². The quantitative estimate of drug-likeness (QED) is 0.653. The fraction of sp³-hybridized carbons (Fsp3) is 1.00. The Bertz CT molecular complexity index is 119. The van der Waals surface area contributed by atoms with Gasteiger partial charge in [0.1, 0.15) is 6.67 Å². The van der Waals surface area contributed by atoms with Crippen LogP contribution in [0.3, 0.4) is 0 Å². The molecule has 0 amide bonds. The van der Waals surface area contributed by atoms with Gasteiger partial charge in [-0.2, -0.15) is 0 Å². The summed E-state index contributed by atoms with van der Waals surface area (Å²) in [4.78, 5) is 0. The van der Waals surface area contributed by atoms with Crippen molar-refractivity contribution < 1.29 is 4.39 Å². The van der Waals surface area contributed by atoms with E-state index in [-0.39, 0.29) is 6.67 Å². The number of rotatable bonds is 5. The Morgan fingerprint density at radius 1 is 1.15 bits per heavy atom. The third kappa shape index (κ3) is 4.61. The molecule has 1 aliphatic rings. The van der Waals surface area contributed by atoms with Crippen LogP contribution in [-0.4, -0.2) is 19.8 Å². The summed E-state index contributed by atoms with van der Waals surface area (Å²) in [6.45, 7) is 3.64. The van der Waals surface area contributed by atoms with Gasteiger partial charge in [0, 0.05) is 6.54 Å². The predicted octanol–water partition coefficient (Wildman–Crippen LogP) is 2.76. The molecule has 78 valence electrons. The van der Waals surface area contributed by atoms with E-state index in [0.717, 1.165) is 18.4 Å². The molecule has 0 saturated heterocycles. The third-order valence-corrected chi connectivity index (χ3v) is 3.14. The Kier molecular flexibility index (Phi) is 5.37. The molecule has 1 nitrogen and oxygen atoms in total. The standard InChI is InChI=1S/C11H22FN/c1-10-2-4-11(5-3-10)6-8-13-9-7-12/h10-11,13H,2-9H2,1H3. The highest BCUT2D eigenvalue weighted by atomic mass is 19.1. The van der Waals surface area contributed by atoms with Crippen molar-refractivity contribution in [2.45, 2.75) is 39.0 Å². The molecule has 0 aromatic carbocycles. The molecule has 1 N–H and O–H groups in total. The highest BCUT2D eigenvalue weighted by Crippen LogP contribution is 2.29. The zero-order valence-electron chi connectivity index (χ0n) is 8.69. The van der Waals surface area contributed by atoms with E-state index < -0.39 is 0 Å². The highest BCUT2D eigenvalue weighted by Gasteiger charge is 2.17. The van der Waals surface area contributed by atoms with Crippen LogP contribution in [0, 0.1) is 11.8 Å². The van der Waals surface area contributed by atoms with Crippen LogP contribution in [0.15, 0.2) is 0 Å². The highest BCUT2D eigenvalue weighted by molar-refractivity contribution is 4.70.